The van der Waals surface area contributed by atoms with Crippen molar-refractivity contribution in [2.75, 3.05) is 25.0 Å². The number of ether oxygens (including phenoxy) is 1. The molecule has 0 radical (unpaired) electrons. The standard InChI is InChI=1S/C17H24N4O4S/c1-2-25-14(22)9-13-10-26-16(18-13)20-15(23)11-5-7-21(8-6-11)17(24)19-12-3-4-12/h10-12H,2-9H2,1H3,(H,19,24)(H,18,20,23). The summed E-state index contributed by atoms with van der Waals surface area (Å²) in [5.41, 5.74) is 0.593. The number of nitrogens with zero attached hydrogens (tertiary/aromatic N) is 2. The second-order valence-electron chi connectivity index (χ2n) is 6.60. The van der Waals surface area contributed by atoms with Crippen LogP contribution in [0, 0.1) is 5.92 Å². The molecule has 142 valence electrons. The highest BCUT2D eigenvalue weighted by Gasteiger charge is 2.30. The normalized spacial score (nSPS) is 17.7. The molecule has 8 nitrogen and oxygen atoms in total. The fraction of sp³-hybridized carbons (Fsp3) is 0.647. The predicted molar refractivity (Wildman–Crippen MR) is 96.9 cm³/mol. The molecule has 3 amide bonds. The minimum absolute atomic E-state index is 0.0186. The first-order valence-corrected chi connectivity index (χ1v) is 9.89. The van der Waals surface area contributed by atoms with Crippen LogP contribution in [0.2, 0.25) is 0 Å². The zero-order chi connectivity index (χ0) is 18.5. The van der Waals surface area contributed by atoms with Crippen LogP contribution in [-0.4, -0.2) is 53.5 Å². The minimum Gasteiger partial charge on any atom is -0.466 e. The van der Waals surface area contributed by atoms with Gasteiger partial charge >= 0.3 is 12.0 Å². The molecular weight excluding hydrogens is 356 g/mol. The summed E-state index contributed by atoms with van der Waals surface area (Å²) in [5.74, 6) is -0.533. The lowest BCUT2D eigenvalue weighted by atomic mass is 9.96. The number of likely N-dealkylation sites (tertiary alicyclic amines) is 1. The van der Waals surface area contributed by atoms with Crippen LogP contribution in [0.25, 0.3) is 0 Å². The Balaban J connectivity index is 1.43. The van der Waals surface area contributed by atoms with Crippen LogP contribution < -0.4 is 10.6 Å². The molecule has 0 spiro atoms. The van der Waals surface area contributed by atoms with Crippen LogP contribution in [0.1, 0.15) is 38.3 Å². The molecule has 2 aliphatic rings. The Hall–Kier alpha value is -2.16. The third-order valence-electron chi connectivity index (χ3n) is 4.47. The molecule has 1 saturated carbocycles. The smallest absolute Gasteiger partial charge is 0.317 e. The van der Waals surface area contributed by atoms with Gasteiger partial charge in [-0.1, -0.05) is 0 Å². The van der Waals surface area contributed by atoms with Crippen molar-refractivity contribution >= 4 is 34.4 Å². The Labute approximate surface area is 156 Å². The van der Waals surface area contributed by atoms with Gasteiger partial charge in [-0.3, -0.25) is 9.59 Å². The van der Waals surface area contributed by atoms with Gasteiger partial charge in [0, 0.05) is 30.4 Å². The summed E-state index contributed by atoms with van der Waals surface area (Å²) < 4.78 is 4.89. The molecule has 3 rings (SSSR count). The molecule has 0 aromatic carbocycles. The van der Waals surface area contributed by atoms with Gasteiger partial charge in [0.1, 0.15) is 0 Å². The van der Waals surface area contributed by atoms with Gasteiger partial charge < -0.3 is 20.3 Å². The van der Waals surface area contributed by atoms with Crippen molar-refractivity contribution in [1.29, 1.82) is 0 Å². The summed E-state index contributed by atoms with van der Waals surface area (Å²) in [7, 11) is 0. The molecule has 2 fully saturated rings. The lowest BCUT2D eigenvalue weighted by Crippen LogP contribution is -2.46. The van der Waals surface area contributed by atoms with Gasteiger partial charge in [0.2, 0.25) is 5.91 Å². The van der Waals surface area contributed by atoms with E-state index >= 15 is 0 Å². The van der Waals surface area contributed by atoms with Crippen molar-refractivity contribution in [2.24, 2.45) is 5.92 Å². The molecular formula is C17H24N4O4S. The topological polar surface area (TPSA) is 101 Å². The van der Waals surface area contributed by atoms with Crippen molar-refractivity contribution in [2.45, 2.75) is 45.1 Å². The first-order valence-electron chi connectivity index (χ1n) is 9.01. The second kappa shape index (κ2) is 8.48. The summed E-state index contributed by atoms with van der Waals surface area (Å²) in [6, 6.07) is 0.326. The molecule has 2 heterocycles. The highest BCUT2D eigenvalue weighted by molar-refractivity contribution is 7.13. The van der Waals surface area contributed by atoms with Crippen molar-refractivity contribution in [3.8, 4) is 0 Å². The summed E-state index contributed by atoms with van der Waals surface area (Å²) in [6.45, 7) is 3.26. The fourth-order valence-electron chi connectivity index (χ4n) is 2.85. The molecule has 1 aromatic rings. The van der Waals surface area contributed by atoms with E-state index in [0.717, 1.165) is 12.8 Å². The number of hydrogen-bond acceptors (Lipinski definition) is 6. The van der Waals surface area contributed by atoms with Crippen LogP contribution in [-0.2, 0) is 20.7 Å². The van der Waals surface area contributed by atoms with Gasteiger partial charge in [-0.05, 0) is 32.6 Å². The molecule has 9 heteroatoms. The van der Waals surface area contributed by atoms with E-state index in [4.69, 9.17) is 4.74 Å². The highest BCUT2D eigenvalue weighted by atomic mass is 32.1. The fourth-order valence-corrected chi connectivity index (χ4v) is 3.56. The second-order valence-corrected chi connectivity index (χ2v) is 7.46. The Kier molecular flexibility index (Phi) is 6.08. The van der Waals surface area contributed by atoms with E-state index in [1.165, 1.54) is 11.3 Å². The first kappa shape index (κ1) is 18.6. The highest BCUT2D eigenvalue weighted by Crippen LogP contribution is 2.23. The van der Waals surface area contributed by atoms with Crippen molar-refractivity contribution in [3.05, 3.63) is 11.1 Å². The van der Waals surface area contributed by atoms with Crippen LogP contribution in [0.15, 0.2) is 5.38 Å². The monoisotopic (exact) mass is 380 g/mol. The molecule has 1 aromatic heterocycles. The van der Waals surface area contributed by atoms with Gasteiger partial charge in [-0.2, -0.15) is 0 Å². The quantitative estimate of drug-likeness (QED) is 0.733. The van der Waals surface area contributed by atoms with Crippen molar-refractivity contribution in [3.63, 3.8) is 0 Å². The average molecular weight is 380 g/mol. The average Bonchev–Trinajstić information content (AvgIpc) is 3.33. The maximum atomic E-state index is 12.4. The third kappa shape index (κ3) is 5.17. The lowest BCUT2D eigenvalue weighted by Gasteiger charge is -2.31. The van der Waals surface area contributed by atoms with Crippen LogP contribution in [0.5, 0.6) is 0 Å². The number of carbonyl (C=O) groups is 3. The van der Waals surface area contributed by atoms with E-state index in [-0.39, 0.29) is 30.2 Å². The number of piperidine rings is 1. The maximum absolute atomic E-state index is 12.4. The molecule has 1 saturated heterocycles. The number of anilines is 1. The van der Waals surface area contributed by atoms with E-state index < -0.39 is 0 Å². The zero-order valence-electron chi connectivity index (χ0n) is 14.8. The van der Waals surface area contributed by atoms with Gasteiger partial charge in [0.15, 0.2) is 5.13 Å². The van der Waals surface area contributed by atoms with Crippen LogP contribution in [0.3, 0.4) is 0 Å². The number of hydrogen-bond donors (Lipinski definition) is 2. The lowest BCUT2D eigenvalue weighted by molar-refractivity contribution is -0.142. The van der Waals surface area contributed by atoms with E-state index in [1.807, 2.05) is 0 Å². The third-order valence-corrected chi connectivity index (χ3v) is 5.28. The Morgan fingerprint density at radius 2 is 2.00 bits per heavy atom. The summed E-state index contributed by atoms with van der Waals surface area (Å²) in [6.07, 6.45) is 3.53. The number of rotatable bonds is 6. The first-order chi connectivity index (χ1) is 12.5. The van der Waals surface area contributed by atoms with E-state index in [1.54, 1.807) is 17.2 Å². The molecule has 0 atom stereocenters. The largest absolute Gasteiger partial charge is 0.466 e. The van der Waals surface area contributed by atoms with E-state index in [9.17, 15) is 14.4 Å². The number of amides is 3. The van der Waals surface area contributed by atoms with Gasteiger partial charge in [-0.25, -0.2) is 9.78 Å². The number of aromatic nitrogens is 1. The number of nitrogens with one attached hydrogen (secondary N) is 2. The zero-order valence-corrected chi connectivity index (χ0v) is 15.6. The number of thiazole rings is 1. The Morgan fingerprint density at radius 3 is 2.65 bits per heavy atom. The molecule has 26 heavy (non-hydrogen) atoms. The number of urea groups is 1. The molecule has 2 N–H and O–H groups in total. The Bertz CT molecular complexity index is 665. The van der Waals surface area contributed by atoms with Crippen molar-refractivity contribution < 1.29 is 19.1 Å². The molecule has 0 bridgehead atoms. The van der Waals surface area contributed by atoms with Gasteiger partial charge in [0.05, 0.1) is 18.7 Å². The predicted octanol–water partition coefficient (Wildman–Crippen LogP) is 1.77. The van der Waals surface area contributed by atoms with E-state index in [0.29, 0.717) is 49.4 Å². The summed E-state index contributed by atoms with van der Waals surface area (Å²) in [4.78, 5) is 41.9. The number of carbonyl (C=O) groups excluding carboxylic acids is 3. The minimum atomic E-state index is -0.326. The molecule has 1 aliphatic heterocycles. The van der Waals surface area contributed by atoms with Gasteiger partial charge in [-0.15, -0.1) is 11.3 Å². The molecule has 1 aliphatic carbocycles. The van der Waals surface area contributed by atoms with E-state index in [2.05, 4.69) is 15.6 Å². The van der Waals surface area contributed by atoms with Crippen molar-refractivity contribution in [1.82, 2.24) is 15.2 Å². The van der Waals surface area contributed by atoms with Crippen LogP contribution in [0.4, 0.5) is 9.93 Å². The summed E-state index contributed by atoms with van der Waals surface area (Å²) in [5, 5.41) is 8.03. The summed E-state index contributed by atoms with van der Waals surface area (Å²) >= 11 is 1.30. The SMILES string of the molecule is CCOC(=O)Cc1csc(NC(=O)C2CCN(C(=O)NC3CC3)CC2)n1. The maximum Gasteiger partial charge on any atom is 0.317 e. The van der Waals surface area contributed by atoms with Gasteiger partial charge in [0.25, 0.3) is 0 Å². The Morgan fingerprint density at radius 1 is 1.27 bits per heavy atom. The number of esters is 1. The molecule has 0 unspecified atom stereocenters. The van der Waals surface area contributed by atoms with Crippen LogP contribution >= 0.6 is 11.3 Å².